The van der Waals surface area contributed by atoms with Crippen LogP contribution >= 0.6 is 11.6 Å². The summed E-state index contributed by atoms with van der Waals surface area (Å²) in [5.74, 6) is -0.117. The van der Waals surface area contributed by atoms with Gasteiger partial charge in [0.05, 0.1) is 31.0 Å². The number of carbonyl (C=O) groups excluding carboxylic acids is 1. The second-order valence-electron chi connectivity index (χ2n) is 4.91. The first kappa shape index (κ1) is 15.2. The van der Waals surface area contributed by atoms with Crippen molar-refractivity contribution in [2.45, 2.75) is 13.0 Å². The van der Waals surface area contributed by atoms with Crippen LogP contribution in [0.3, 0.4) is 0 Å². The summed E-state index contributed by atoms with van der Waals surface area (Å²) in [6, 6.07) is 11.0. The molecule has 1 aromatic carbocycles. The van der Waals surface area contributed by atoms with E-state index in [-0.39, 0.29) is 12.3 Å². The van der Waals surface area contributed by atoms with E-state index in [4.69, 9.17) is 11.6 Å². The van der Waals surface area contributed by atoms with Gasteiger partial charge in [0, 0.05) is 11.2 Å². The number of rotatable bonds is 5. The molecule has 2 aromatic heterocycles. The van der Waals surface area contributed by atoms with Crippen molar-refractivity contribution in [1.29, 1.82) is 0 Å². The molecule has 0 atom stereocenters. The van der Waals surface area contributed by atoms with Gasteiger partial charge in [-0.1, -0.05) is 35.0 Å². The van der Waals surface area contributed by atoms with Gasteiger partial charge in [0.15, 0.2) is 0 Å². The van der Waals surface area contributed by atoms with Crippen molar-refractivity contribution in [3.63, 3.8) is 0 Å². The van der Waals surface area contributed by atoms with Crippen molar-refractivity contribution in [3.8, 4) is 5.69 Å². The number of aromatic nitrogens is 4. The Bertz CT molecular complexity index is 803. The normalized spacial score (nSPS) is 10.5. The molecule has 0 aliphatic heterocycles. The minimum Gasteiger partial charge on any atom is -0.350 e. The maximum Gasteiger partial charge on any atom is 0.224 e. The fourth-order valence-corrected chi connectivity index (χ4v) is 2.26. The van der Waals surface area contributed by atoms with Crippen molar-refractivity contribution in [1.82, 2.24) is 25.3 Å². The molecule has 7 heteroatoms. The van der Waals surface area contributed by atoms with Crippen LogP contribution in [0.5, 0.6) is 0 Å². The number of nitrogens with one attached hydrogen (secondary N) is 1. The number of nitrogens with zero attached hydrogens (tertiary/aromatic N) is 4. The predicted molar refractivity (Wildman–Crippen MR) is 86.2 cm³/mol. The number of pyridine rings is 1. The molecule has 3 aromatic rings. The van der Waals surface area contributed by atoms with Gasteiger partial charge in [-0.2, -0.15) is 0 Å². The number of carbonyl (C=O) groups is 1. The molecule has 0 aliphatic rings. The SMILES string of the molecule is O=C(Cc1ccccc1Cl)NCc1cn(-c2cccnc2)nn1. The summed E-state index contributed by atoms with van der Waals surface area (Å²) in [4.78, 5) is 16.0. The highest BCUT2D eigenvalue weighted by Crippen LogP contribution is 2.15. The van der Waals surface area contributed by atoms with Crippen molar-refractivity contribution in [2.75, 3.05) is 0 Å². The van der Waals surface area contributed by atoms with Crippen molar-refractivity contribution >= 4 is 17.5 Å². The Morgan fingerprint density at radius 2 is 2.09 bits per heavy atom. The topological polar surface area (TPSA) is 72.7 Å². The van der Waals surface area contributed by atoms with E-state index in [0.717, 1.165) is 11.3 Å². The first-order valence-corrected chi connectivity index (χ1v) is 7.42. The zero-order chi connectivity index (χ0) is 16.1. The molecular weight excluding hydrogens is 314 g/mol. The van der Waals surface area contributed by atoms with Gasteiger partial charge in [-0.15, -0.1) is 5.10 Å². The lowest BCUT2D eigenvalue weighted by Gasteiger charge is -2.04. The van der Waals surface area contributed by atoms with Gasteiger partial charge in [-0.05, 0) is 23.8 Å². The second kappa shape index (κ2) is 7.02. The largest absolute Gasteiger partial charge is 0.350 e. The Kier molecular flexibility index (Phi) is 4.63. The fraction of sp³-hybridized carbons (Fsp3) is 0.125. The van der Waals surface area contributed by atoms with E-state index in [1.807, 2.05) is 30.3 Å². The second-order valence-corrected chi connectivity index (χ2v) is 5.32. The van der Waals surface area contributed by atoms with Gasteiger partial charge >= 0.3 is 0 Å². The summed E-state index contributed by atoms with van der Waals surface area (Å²) in [6.45, 7) is 0.309. The quantitative estimate of drug-likeness (QED) is 0.779. The number of benzene rings is 1. The molecule has 116 valence electrons. The van der Waals surface area contributed by atoms with Crippen LogP contribution in [0.15, 0.2) is 55.0 Å². The highest BCUT2D eigenvalue weighted by molar-refractivity contribution is 6.31. The highest BCUT2D eigenvalue weighted by atomic mass is 35.5. The molecule has 0 unspecified atom stereocenters. The lowest BCUT2D eigenvalue weighted by atomic mass is 10.1. The molecule has 2 heterocycles. The molecule has 0 saturated heterocycles. The van der Waals surface area contributed by atoms with E-state index in [2.05, 4.69) is 20.6 Å². The molecule has 0 fully saturated rings. The number of amides is 1. The van der Waals surface area contributed by atoms with Crippen LogP contribution in [0.4, 0.5) is 0 Å². The van der Waals surface area contributed by atoms with E-state index in [1.165, 1.54) is 0 Å². The maximum absolute atomic E-state index is 12.0. The van der Waals surface area contributed by atoms with Crippen molar-refractivity contribution in [3.05, 3.63) is 71.3 Å². The van der Waals surface area contributed by atoms with Crippen molar-refractivity contribution < 1.29 is 4.79 Å². The first-order chi connectivity index (χ1) is 11.2. The third-order valence-electron chi connectivity index (χ3n) is 3.23. The maximum atomic E-state index is 12.0. The Morgan fingerprint density at radius 1 is 1.22 bits per heavy atom. The van der Waals surface area contributed by atoms with E-state index in [1.54, 1.807) is 29.3 Å². The number of hydrogen-bond donors (Lipinski definition) is 1. The molecule has 6 nitrogen and oxygen atoms in total. The third-order valence-corrected chi connectivity index (χ3v) is 3.60. The van der Waals surface area contributed by atoms with Gasteiger partial charge < -0.3 is 5.32 Å². The standard InChI is InChI=1S/C16H14ClN5O/c17-15-6-2-1-4-12(15)8-16(23)19-9-13-11-22(21-20-13)14-5-3-7-18-10-14/h1-7,10-11H,8-9H2,(H,19,23). The summed E-state index contributed by atoms with van der Waals surface area (Å²) < 4.78 is 1.61. The highest BCUT2D eigenvalue weighted by Gasteiger charge is 2.08. The smallest absolute Gasteiger partial charge is 0.224 e. The van der Waals surface area contributed by atoms with Crippen LogP contribution in [0, 0.1) is 0 Å². The summed E-state index contributed by atoms with van der Waals surface area (Å²) in [5, 5.41) is 11.4. The van der Waals surface area contributed by atoms with Gasteiger partial charge in [-0.3, -0.25) is 9.78 Å². The first-order valence-electron chi connectivity index (χ1n) is 7.04. The predicted octanol–water partition coefficient (Wildman–Crippen LogP) is 2.17. The van der Waals surface area contributed by atoms with E-state index < -0.39 is 0 Å². The monoisotopic (exact) mass is 327 g/mol. The molecule has 3 rings (SSSR count). The van der Waals surface area contributed by atoms with Crippen LogP contribution in [-0.2, 0) is 17.8 Å². The van der Waals surface area contributed by atoms with E-state index in [0.29, 0.717) is 17.3 Å². The minimum absolute atomic E-state index is 0.117. The zero-order valence-corrected chi connectivity index (χ0v) is 12.9. The summed E-state index contributed by atoms with van der Waals surface area (Å²) >= 11 is 6.05. The average molecular weight is 328 g/mol. The lowest BCUT2D eigenvalue weighted by Crippen LogP contribution is -2.24. The molecular formula is C16H14ClN5O. The van der Waals surface area contributed by atoms with Crippen LogP contribution < -0.4 is 5.32 Å². The Labute approximate surface area is 138 Å². The summed E-state index contributed by atoms with van der Waals surface area (Å²) in [6.07, 6.45) is 5.37. The Balaban J connectivity index is 1.58. The molecule has 0 aliphatic carbocycles. The molecule has 0 spiro atoms. The Morgan fingerprint density at radius 3 is 2.87 bits per heavy atom. The van der Waals surface area contributed by atoms with Gasteiger partial charge in [0.1, 0.15) is 5.69 Å². The molecule has 1 N–H and O–H groups in total. The van der Waals surface area contributed by atoms with Crippen LogP contribution in [0.1, 0.15) is 11.3 Å². The van der Waals surface area contributed by atoms with E-state index >= 15 is 0 Å². The zero-order valence-electron chi connectivity index (χ0n) is 12.2. The Hall–Kier alpha value is -2.73. The fourth-order valence-electron chi connectivity index (χ4n) is 2.06. The molecule has 23 heavy (non-hydrogen) atoms. The van der Waals surface area contributed by atoms with Gasteiger partial charge in [0.2, 0.25) is 5.91 Å². The van der Waals surface area contributed by atoms with E-state index in [9.17, 15) is 4.79 Å². The van der Waals surface area contributed by atoms with Gasteiger partial charge in [0.25, 0.3) is 0 Å². The summed E-state index contributed by atoms with van der Waals surface area (Å²) in [5.41, 5.74) is 2.28. The molecule has 0 radical (unpaired) electrons. The van der Waals surface area contributed by atoms with Crippen LogP contribution in [0.2, 0.25) is 5.02 Å². The molecule has 0 saturated carbocycles. The third kappa shape index (κ3) is 3.92. The molecule has 1 amide bonds. The minimum atomic E-state index is -0.117. The van der Waals surface area contributed by atoms with Crippen LogP contribution in [0.25, 0.3) is 5.69 Å². The van der Waals surface area contributed by atoms with Gasteiger partial charge in [-0.25, -0.2) is 4.68 Å². The summed E-state index contributed by atoms with van der Waals surface area (Å²) in [7, 11) is 0. The lowest BCUT2D eigenvalue weighted by molar-refractivity contribution is -0.120. The number of halogens is 1. The van der Waals surface area contributed by atoms with Crippen molar-refractivity contribution in [2.24, 2.45) is 0 Å². The number of hydrogen-bond acceptors (Lipinski definition) is 4. The average Bonchev–Trinajstić information content (AvgIpc) is 3.05. The molecule has 0 bridgehead atoms. The van der Waals surface area contributed by atoms with Crippen LogP contribution in [-0.4, -0.2) is 25.9 Å².